The van der Waals surface area contributed by atoms with Gasteiger partial charge in [-0.25, -0.2) is 14.4 Å². The number of ether oxygens (including phenoxy) is 8. The molecular weight excluding hydrogens is 584 g/mol. The number of fused-ring (bicyclic) bond motifs is 1. The van der Waals surface area contributed by atoms with Crippen molar-refractivity contribution in [2.45, 2.75) is 75.7 Å². The van der Waals surface area contributed by atoms with Crippen LogP contribution in [0, 0.1) is 0 Å². The first-order chi connectivity index (χ1) is 22.0. The molecule has 11 nitrogen and oxygen atoms in total. The molecule has 0 spiro atoms. The molecule has 0 radical (unpaired) electrons. The van der Waals surface area contributed by atoms with Crippen LogP contribution in [0.5, 0.6) is 11.5 Å². The number of unbranched alkanes of at least 4 members (excludes halogenated alkanes) is 3. The molecule has 0 amide bonds. The van der Waals surface area contributed by atoms with Crippen LogP contribution in [0.15, 0.2) is 61.2 Å². The minimum atomic E-state index is -0.548. The molecule has 0 aromatic heterocycles. The molecule has 0 N–H and O–H groups in total. The summed E-state index contributed by atoms with van der Waals surface area (Å²) in [5.41, 5.74) is 0.682. The number of rotatable bonds is 15. The minimum absolute atomic E-state index is 0.225. The fourth-order valence-corrected chi connectivity index (χ4v) is 5.36. The zero-order chi connectivity index (χ0) is 31.4. The molecule has 0 bridgehead atoms. The van der Waals surface area contributed by atoms with E-state index >= 15 is 0 Å². The Labute approximate surface area is 262 Å². The third-order valence-electron chi connectivity index (χ3n) is 7.79. The molecule has 5 rings (SSSR count). The van der Waals surface area contributed by atoms with Crippen molar-refractivity contribution in [2.75, 3.05) is 33.0 Å². The molecule has 3 heterocycles. The highest BCUT2D eigenvalue weighted by atomic mass is 16.7. The van der Waals surface area contributed by atoms with E-state index in [4.69, 9.17) is 37.9 Å². The normalized spacial score (nSPS) is 24.0. The average Bonchev–Trinajstić information content (AvgIpc) is 3.66. The van der Waals surface area contributed by atoms with Crippen molar-refractivity contribution in [2.24, 2.45) is 0 Å². The first-order valence-corrected chi connectivity index (χ1v) is 15.6. The van der Waals surface area contributed by atoms with E-state index in [2.05, 4.69) is 6.58 Å². The van der Waals surface area contributed by atoms with Crippen LogP contribution >= 0.6 is 0 Å². The number of benzene rings is 2. The lowest BCUT2D eigenvalue weighted by atomic mass is 10.1. The fraction of sp³-hybridized carbons (Fsp3) is 0.500. The molecule has 3 aliphatic rings. The second-order valence-electron chi connectivity index (χ2n) is 11.1. The Kier molecular flexibility index (Phi) is 12.0. The maximum absolute atomic E-state index is 12.8. The summed E-state index contributed by atoms with van der Waals surface area (Å²) >= 11 is 0. The summed E-state index contributed by atoms with van der Waals surface area (Å²) in [5.74, 6) is -0.505. The Morgan fingerprint density at radius 2 is 1.40 bits per heavy atom. The molecule has 0 aliphatic carbocycles. The number of carbonyl (C=O) groups is 3. The zero-order valence-electron chi connectivity index (χ0n) is 25.3. The molecule has 242 valence electrons. The Balaban J connectivity index is 1.00. The molecule has 3 unspecified atom stereocenters. The first kappa shape index (κ1) is 32.6. The topological polar surface area (TPSA) is 125 Å². The summed E-state index contributed by atoms with van der Waals surface area (Å²) < 4.78 is 45.3. The fourth-order valence-electron chi connectivity index (χ4n) is 5.36. The molecular formula is C34H40O11. The lowest BCUT2D eigenvalue weighted by Gasteiger charge is -2.27. The van der Waals surface area contributed by atoms with E-state index in [9.17, 15) is 14.4 Å². The molecule has 3 saturated heterocycles. The summed E-state index contributed by atoms with van der Waals surface area (Å²) in [6.07, 6.45) is 5.87. The molecule has 2 aromatic rings. The van der Waals surface area contributed by atoms with Crippen LogP contribution in [-0.4, -0.2) is 81.6 Å². The van der Waals surface area contributed by atoms with Gasteiger partial charge in [-0.3, -0.25) is 0 Å². The second-order valence-corrected chi connectivity index (χ2v) is 11.1. The van der Waals surface area contributed by atoms with Gasteiger partial charge in [0.05, 0.1) is 37.6 Å². The summed E-state index contributed by atoms with van der Waals surface area (Å²) in [6.45, 7) is 5.57. The zero-order valence-corrected chi connectivity index (χ0v) is 25.3. The van der Waals surface area contributed by atoms with Crippen LogP contribution in [0.3, 0.4) is 0 Å². The van der Waals surface area contributed by atoms with Gasteiger partial charge in [0.2, 0.25) is 0 Å². The predicted octanol–water partition coefficient (Wildman–Crippen LogP) is 4.81. The quantitative estimate of drug-likeness (QED) is 0.117. The van der Waals surface area contributed by atoms with Crippen LogP contribution in [0.4, 0.5) is 0 Å². The molecule has 11 heteroatoms. The van der Waals surface area contributed by atoms with Crippen molar-refractivity contribution in [3.8, 4) is 11.5 Å². The van der Waals surface area contributed by atoms with Crippen molar-refractivity contribution in [3.63, 3.8) is 0 Å². The highest BCUT2D eigenvalue weighted by molar-refractivity contribution is 5.92. The summed E-state index contributed by atoms with van der Waals surface area (Å²) in [6, 6.07) is 12.9. The van der Waals surface area contributed by atoms with Crippen LogP contribution in [0.25, 0.3) is 0 Å². The van der Waals surface area contributed by atoms with Crippen molar-refractivity contribution >= 4 is 17.9 Å². The maximum Gasteiger partial charge on any atom is 0.343 e. The van der Waals surface area contributed by atoms with Gasteiger partial charge in [0.15, 0.2) is 12.4 Å². The number of hydrogen-bond acceptors (Lipinski definition) is 11. The number of esters is 3. The first-order valence-electron chi connectivity index (χ1n) is 15.6. The number of carbonyl (C=O) groups excluding carboxylic acids is 3. The SMILES string of the molecule is C=CC(=O)OCCCCCCOc1ccc(C(=O)Oc2ccc(C(=O)O[C@@H]3COC4C3OC[C@@H]4OC3CCCCO3)cc2)cc1. The van der Waals surface area contributed by atoms with Gasteiger partial charge in [-0.1, -0.05) is 6.58 Å². The Morgan fingerprint density at radius 1 is 0.756 bits per heavy atom. The van der Waals surface area contributed by atoms with E-state index in [0.29, 0.717) is 49.1 Å². The lowest BCUT2D eigenvalue weighted by Crippen LogP contribution is -2.38. The molecule has 45 heavy (non-hydrogen) atoms. The largest absolute Gasteiger partial charge is 0.494 e. The average molecular weight is 625 g/mol. The van der Waals surface area contributed by atoms with E-state index in [1.165, 1.54) is 0 Å². The molecule has 2 aromatic carbocycles. The summed E-state index contributed by atoms with van der Waals surface area (Å²) in [5, 5.41) is 0. The van der Waals surface area contributed by atoms with Gasteiger partial charge in [-0.15, -0.1) is 0 Å². The van der Waals surface area contributed by atoms with Gasteiger partial charge in [-0.2, -0.15) is 0 Å². The third-order valence-corrected chi connectivity index (χ3v) is 7.79. The standard InChI is InChI=1S/C34H40O11/c1-2-29(35)39-19-7-4-3-6-18-38-25-14-10-23(11-15-25)33(36)43-26-16-12-24(13-17-26)34(37)45-28-22-42-31-27(21-41-32(28)31)44-30-9-5-8-20-40-30/h2,10-17,27-28,30-32H,1,3-9,18-22H2/t27-,28+,30?,31?,32?/m0/s1. The maximum atomic E-state index is 12.8. The second kappa shape index (κ2) is 16.5. The molecule has 0 saturated carbocycles. The van der Waals surface area contributed by atoms with E-state index in [1.54, 1.807) is 48.5 Å². The monoisotopic (exact) mass is 624 g/mol. The Morgan fingerprint density at radius 3 is 2.09 bits per heavy atom. The van der Waals surface area contributed by atoms with Crippen LogP contribution < -0.4 is 9.47 Å². The van der Waals surface area contributed by atoms with Crippen LogP contribution in [-0.2, 0) is 33.2 Å². The van der Waals surface area contributed by atoms with Crippen molar-refractivity contribution in [3.05, 3.63) is 72.3 Å². The van der Waals surface area contributed by atoms with E-state index < -0.39 is 30.1 Å². The van der Waals surface area contributed by atoms with Gasteiger partial charge in [-0.05, 0) is 93.5 Å². The summed E-state index contributed by atoms with van der Waals surface area (Å²) in [4.78, 5) is 36.5. The molecule has 3 fully saturated rings. The van der Waals surface area contributed by atoms with Crippen LogP contribution in [0.1, 0.15) is 65.7 Å². The van der Waals surface area contributed by atoms with Gasteiger partial charge < -0.3 is 37.9 Å². The van der Waals surface area contributed by atoms with E-state index in [-0.39, 0.29) is 25.1 Å². The number of hydrogen-bond donors (Lipinski definition) is 0. The van der Waals surface area contributed by atoms with Gasteiger partial charge in [0.25, 0.3) is 0 Å². The van der Waals surface area contributed by atoms with Gasteiger partial charge >= 0.3 is 17.9 Å². The predicted molar refractivity (Wildman–Crippen MR) is 160 cm³/mol. The molecule has 3 aliphatic heterocycles. The third kappa shape index (κ3) is 9.37. The lowest BCUT2D eigenvalue weighted by molar-refractivity contribution is -0.202. The van der Waals surface area contributed by atoms with E-state index in [1.807, 2.05) is 0 Å². The smallest absolute Gasteiger partial charge is 0.343 e. The van der Waals surface area contributed by atoms with Gasteiger partial charge in [0.1, 0.15) is 29.8 Å². The highest BCUT2D eigenvalue weighted by Gasteiger charge is 2.50. The van der Waals surface area contributed by atoms with Gasteiger partial charge in [0, 0.05) is 12.7 Å². The van der Waals surface area contributed by atoms with Crippen molar-refractivity contribution in [1.82, 2.24) is 0 Å². The van der Waals surface area contributed by atoms with Crippen molar-refractivity contribution < 1.29 is 52.3 Å². The van der Waals surface area contributed by atoms with Crippen molar-refractivity contribution in [1.29, 1.82) is 0 Å². The van der Waals surface area contributed by atoms with Crippen LogP contribution in [0.2, 0.25) is 0 Å². The Hall–Kier alpha value is -3.77. The summed E-state index contributed by atoms with van der Waals surface area (Å²) in [7, 11) is 0. The minimum Gasteiger partial charge on any atom is -0.494 e. The molecule has 5 atom stereocenters. The Bertz CT molecular complexity index is 1270. The van der Waals surface area contributed by atoms with E-state index in [0.717, 1.165) is 51.0 Å². The highest BCUT2D eigenvalue weighted by Crippen LogP contribution is 2.32.